The lowest BCUT2D eigenvalue weighted by molar-refractivity contribution is 0.0890. The first-order valence-electron chi connectivity index (χ1n) is 7.44. The van der Waals surface area contributed by atoms with Crippen molar-refractivity contribution in [2.24, 2.45) is 0 Å². The number of imidazole rings is 1. The molecule has 0 saturated heterocycles. The monoisotopic (exact) mass is 290 g/mol. The zero-order valence-electron chi connectivity index (χ0n) is 12.9. The standard InChI is InChI=1S/C16H22N2O3/c1-4-6-7-11-14(19)18-12-9-8-10-13(20-3)15(12)17-16(18)21-5-2/h8-10H,4-7,11H2,1-3H3. The van der Waals surface area contributed by atoms with Gasteiger partial charge in [-0.2, -0.15) is 4.98 Å². The Labute approximate surface area is 124 Å². The summed E-state index contributed by atoms with van der Waals surface area (Å²) < 4.78 is 12.4. The van der Waals surface area contributed by atoms with Crippen molar-refractivity contribution in [2.75, 3.05) is 13.7 Å². The topological polar surface area (TPSA) is 53.4 Å². The molecule has 0 aliphatic carbocycles. The molecule has 0 radical (unpaired) electrons. The molecule has 2 rings (SSSR count). The fourth-order valence-electron chi connectivity index (χ4n) is 2.32. The Morgan fingerprint density at radius 3 is 2.76 bits per heavy atom. The average molecular weight is 290 g/mol. The molecular weight excluding hydrogens is 268 g/mol. The van der Waals surface area contributed by atoms with Crippen LogP contribution in [0.15, 0.2) is 18.2 Å². The summed E-state index contributed by atoms with van der Waals surface area (Å²) in [5.74, 6) is 0.663. The van der Waals surface area contributed by atoms with Crippen molar-refractivity contribution in [3.05, 3.63) is 18.2 Å². The van der Waals surface area contributed by atoms with Gasteiger partial charge in [0.15, 0.2) is 0 Å². The molecule has 5 nitrogen and oxygen atoms in total. The third-order valence-electron chi connectivity index (χ3n) is 3.35. The Hall–Kier alpha value is -2.04. The second-order valence-corrected chi connectivity index (χ2v) is 4.84. The zero-order chi connectivity index (χ0) is 15.2. The molecule has 21 heavy (non-hydrogen) atoms. The summed E-state index contributed by atoms with van der Waals surface area (Å²) in [5, 5.41) is 0. The van der Waals surface area contributed by atoms with Crippen LogP contribution < -0.4 is 9.47 Å². The van der Waals surface area contributed by atoms with Crippen molar-refractivity contribution in [2.45, 2.75) is 39.5 Å². The number of fused-ring (bicyclic) bond motifs is 1. The van der Waals surface area contributed by atoms with Gasteiger partial charge in [0.05, 0.1) is 19.2 Å². The molecule has 2 aromatic rings. The second kappa shape index (κ2) is 7.11. The Morgan fingerprint density at radius 2 is 2.10 bits per heavy atom. The molecule has 0 N–H and O–H groups in total. The highest BCUT2D eigenvalue weighted by atomic mass is 16.5. The summed E-state index contributed by atoms with van der Waals surface area (Å²) in [6, 6.07) is 5.90. The third-order valence-corrected chi connectivity index (χ3v) is 3.35. The number of methoxy groups -OCH3 is 1. The summed E-state index contributed by atoms with van der Waals surface area (Å²) in [6.07, 6.45) is 3.51. The van der Waals surface area contributed by atoms with E-state index in [0.29, 0.717) is 30.3 Å². The van der Waals surface area contributed by atoms with E-state index < -0.39 is 0 Å². The minimum atomic E-state index is 0.0163. The van der Waals surface area contributed by atoms with Gasteiger partial charge < -0.3 is 9.47 Å². The third kappa shape index (κ3) is 3.17. The molecular formula is C16H22N2O3. The lowest BCUT2D eigenvalue weighted by Crippen LogP contribution is -2.13. The summed E-state index contributed by atoms with van der Waals surface area (Å²) in [7, 11) is 1.59. The Bertz CT molecular complexity index is 619. The van der Waals surface area contributed by atoms with Crippen molar-refractivity contribution < 1.29 is 14.3 Å². The van der Waals surface area contributed by atoms with Crippen LogP contribution in [0.5, 0.6) is 11.8 Å². The predicted molar refractivity (Wildman–Crippen MR) is 82.2 cm³/mol. The van der Waals surface area contributed by atoms with Gasteiger partial charge in [-0.05, 0) is 25.5 Å². The summed E-state index contributed by atoms with van der Waals surface area (Å²) in [5.41, 5.74) is 1.39. The maximum Gasteiger partial charge on any atom is 0.304 e. The molecule has 0 fully saturated rings. The minimum absolute atomic E-state index is 0.0163. The van der Waals surface area contributed by atoms with Crippen molar-refractivity contribution in [3.8, 4) is 11.8 Å². The van der Waals surface area contributed by atoms with Crippen LogP contribution in [0.3, 0.4) is 0 Å². The van der Waals surface area contributed by atoms with Crippen LogP contribution >= 0.6 is 0 Å². The highest BCUT2D eigenvalue weighted by Crippen LogP contribution is 2.29. The van der Waals surface area contributed by atoms with Gasteiger partial charge in [0, 0.05) is 6.42 Å². The van der Waals surface area contributed by atoms with Crippen LogP contribution in [-0.2, 0) is 0 Å². The van der Waals surface area contributed by atoms with Crippen LogP contribution in [0.25, 0.3) is 11.0 Å². The number of aromatic nitrogens is 2. The van der Waals surface area contributed by atoms with E-state index in [4.69, 9.17) is 9.47 Å². The smallest absolute Gasteiger partial charge is 0.304 e. The van der Waals surface area contributed by atoms with Crippen molar-refractivity contribution >= 4 is 16.9 Å². The molecule has 0 bridgehead atoms. The summed E-state index contributed by atoms with van der Waals surface area (Å²) in [6.45, 7) is 4.46. The molecule has 0 atom stereocenters. The molecule has 1 aromatic carbocycles. The van der Waals surface area contributed by atoms with Crippen molar-refractivity contribution in [3.63, 3.8) is 0 Å². The minimum Gasteiger partial charge on any atom is -0.494 e. The van der Waals surface area contributed by atoms with Gasteiger partial charge >= 0.3 is 6.01 Å². The second-order valence-electron chi connectivity index (χ2n) is 4.84. The number of para-hydroxylation sites is 1. The maximum absolute atomic E-state index is 12.5. The lowest BCUT2D eigenvalue weighted by atomic mass is 10.2. The van der Waals surface area contributed by atoms with Gasteiger partial charge in [-0.1, -0.05) is 25.8 Å². The Balaban J connectivity index is 2.43. The molecule has 0 aliphatic rings. The number of hydrogen-bond donors (Lipinski definition) is 0. The highest BCUT2D eigenvalue weighted by molar-refractivity contribution is 5.94. The molecule has 0 saturated carbocycles. The molecule has 0 aliphatic heterocycles. The number of unbranched alkanes of at least 4 members (excludes halogenated alkanes) is 2. The van der Waals surface area contributed by atoms with Gasteiger partial charge in [-0.3, -0.25) is 4.79 Å². The van der Waals surface area contributed by atoms with E-state index in [0.717, 1.165) is 24.8 Å². The average Bonchev–Trinajstić information content (AvgIpc) is 2.85. The fourth-order valence-corrected chi connectivity index (χ4v) is 2.32. The number of carbonyl (C=O) groups excluding carboxylic acids is 1. The van der Waals surface area contributed by atoms with Crippen LogP contribution in [0.4, 0.5) is 0 Å². The number of benzene rings is 1. The van der Waals surface area contributed by atoms with Gasteiger partial charge in [0.25, 0.3) is 0 Å². The fraction of sp³-hybridized carbons (Fsp3) is 0.500. The van der Waals surface area contributed by atoms with E-state index in [1.807, 2.05) is 25.1 Å². The van der Waals surface area contributed by atoms with Gasteiger partial charge in [-0.25, -0.2) is 4.57 Å². The summed E-state index contributed by atoms with van der Waals surface area (Å²) >= 11 is 0. The number of rotatable bonds is 7. The largest absolute Gasteiger partial charge is 0.494 e. The molecule has 1 aromatic heterocycles. The quantitative estimate of drug-likeness (QED) is 0.730. The highest BCUT2D eigenvalue weighted by Gasteiger charge is 2.19. The van der Waals surface area contributed by atoms with E-state index in [2.05, 4.69) is 11.9 Å². The Morgan fingerprint density at radius 1 is 1.29 bits per heavy atom. The number of ether oxygens (including phenoxy) is 2. The molecule has 0 amide bonds. The van der Waals surface area contributed by atoms with Crippen molar-refractivity contribution in [1.82, 2.24) is 9.55 Å². The van der Waals surface area contributed by atoms with Gasteiger partial charge in [0.1, 0.15) is 11.3 Å². The SMILES string of the molecule is CCCCCC(=O)n1c(OCC)nc2c(OC)cccc21. The van der Waals surface area contributed by atoms with E-state index in [-0.39, 0.29) is 5.91 Å². The first kappa shape index (κ1) is 15.4. The molecule has 5 heteroatoms. The van der Waals surface area contributed by atoms with E-state index in [1.54, 1.807) is 11.7 Å². The maximum atomic E-state index is 12.5. The van der Waals surface area contributed by atoms with E-state index in [1.165, 1.54) is 0 Å². The van der Waals surface area contributed by atoms with Crippen LogP contribution in [0.1, 0.15) is 44.3 Å². The van der Waals surface area contributed by atoms with Crippen molar-refractivity contribution in [1.29, 1.82) is 0 Å². The van der Waals surface area contributed by atoms with Crippen LogP contribution in [-0.4, -0.2) is 29.2 Å². The Kier molecular flexibility index (Phi) is 5.20. The predicted octanol–water partition coefficient (Wildman–Crippen LogP) is 3.66. The zero-order valence-corrected chi connectivity index (χ0v) is 12.9. The molecule has 1 heterocycles. The number of carbonyl (C=O) groups is 1. The first-order chi connectivity index (χ1) is 10.2. The number of nitrogens with zero attached hydrogens (tertiary/aromatic N) is 2. The number of hydrogen-bond acceptors (Lipinski definition) is 4. The molecule has 114 valence electrons. The first-order valence-corrected chi connectivity index (χ1v) is 7.44. The van der Waals surface area contributed by atoms with Crippen LogP contribution in [0, 0.1) is 0 Å². The van der Waals surface area contributed by atoms with E-state index >= 15 is 0 Å². The molecule has 0 spiro atoms. The molecule has 0 unspecified atom stereocenters. The van der Waals surface area contributed by atoms with Crippen LogP contribution in [0.2, 0.25) is 0 Å². The van der Waals surface area contributed by atoms with Gasteiger partial charge in [-0.15, -0.1) is 0 Å². The summed E-state index contributed by atoms with van der Waals surface area (Å²) in [4.78, 5) is 16.9. The van der Waals surface area contributed by atoms with E-state index in [9.17, 15) is 4.79 Å². The lowest BCUT2D eigenvalue weighted by Gasteiger charge is -2.07. The normalized spacial score (nSPS) is 10.8. The van der Waals surface area contributed by atoms with Gasteiger partial charge in [0.2, 0.25) is 5.91 Å².